The van der Waals surface area contributed by atoms with Crippen molar-refractivity contribution < 1.29 is 9.05 Å². The molecule has 3 unspecified atom stereocenters. The minimum absolute atomic E-state index is 0.136. The number of aromatic nitrogens is 2. The highest BCUT2D eigenvalue weighted by Gasteiger charge is 2.35. The lowest BCUT2D eigenvalue weighted by Gasteiger charge is -2.37. The maximum Gasteiger partial charge on any atom is 0.259 e. The predicted molar refractivity (Wildman–Crippen MR) is 118 cm³/mol. The third-order valence-electron chi connectivity index (χ3n) is 5.01. The lowest BCUT2D eigenvalue weighted by molar-refractivity contribution is 0.134. The summed E-state index contributed by atoms with van der Waals surface area (Å²) in [6, 6.07) is 5.05. The van der Waals surface area contributed by atoms with Crippen LogP contribution in [0.15, 0.2) is 18.8 Å². The molecule has 1 fully saturated rings. The molecule has 1 heterocycles. The van der Waals surface area contributed by atoms with E-state index in [2.05, 4.69) is 66.9 Å². The fraction of sp³-hybridized carbons (Fsp3) is 0.667. The van der Waals surface area contributed by atoms with Crippen LogP contribution in [0, 0.1) is 11.3 Å². The molecule has 0 radical (unpaired) electrons. The van der Waals surface area contributed by atoms with Gasteiger partial charge in [-0.15, -0.1) is 0 Å². The van der Waals surface area contributed by atoms with Gasteiger partial charge >= 0.3 is 0 Å². The van der Waals surface area contributed by atoms with Gasteiger partial charge in [-0.05, 0) is 59.1 Å². The molecule has 0 bridgehead atoms. The molecule has 8 heteroatoms. The van der Waals surface area contributed by atoms with E-state index in [4.69, 9.17) is 14.3 Å². The summed E-state index contributed by atoms with van der Waals surface area (Å²) in [5, 5.41) is 8.86. The minimum atomic E-state index is -1.20. The first-order chi connectivity index (χ1) is 13.9. The summed E-state index contributed by atoms with van der Waals surface area (Å²) >= 11 is 0. The summed E-state index contributed by atoms with van der Waals surface area (Å²) in [4.78, 5) is 10.9. The van der Waals surface area contributed by atoms with Gasteiger partial charge < -0.3 is 13.9 Å². The van der Waals surface area contributed by atoms with Crippen LogP contribution in [0.25, 0.3) is 6.08 Å². The Morgan fingerprint density at radius 1 is 1.34 bits per heavy atom. The highest BCUT2D eigenvalue weighted by Crippen LogP contribution is 2.49. The second-order valence-corrected chi connectivity index (χ2v) is 9.24. The Labute approximate surface area is 176 Å². The zero-order chi connectivity index (χ0) is 21.4. The smallest absolute Gasteiger partial charge is 0.259 e. The molecule has 7 nitrogen and oxygen atoms in total. The van der Waals surface area contributed by atoms with E-state index in [0.717, 1.165) is 25.1 Å². The molecular weight excluding hydrogens is 385 g/mol. The first-order valence-corrected chi connectivity index (χ1v) is 11.4. The first-order valence-electron chi connectivity index (χ1n) is 10.3. The zero-order valence-electron chi connectivity index (χ0n) is 18.3. The van der Waals surface area contributed by atoms with E-state index in [-0.39, 0.29) is 6.10 Å². The normalized spacial score (nSPS) is 20.2. The molecule has 1 aliphatic rings. The summed E-state index contributed by atoms with van der Waals surface area (Å²) in [6.07, 6.45) is 6.89. The topological polar surface area (TPSA) is 74.5 Å². The van der Waals surface area contributed by atoms with Crippen molar-refractivity contribution in [1.82, 2.24) is 14.6 Å². The second kappa shape index (κ2) is 11.6. The van der Waals surface area contributed by atoms with E-state index in [1.165, 1.54) is 0 Å². The average Bonchev–Trinajstić information content (AvgIpc) is 3.15. The average molecular weight is 420 g/mol. The summed E-state index contributed by atoms with van der Waals surface area (Å²) in [5.74, 6) is 1.54. The van der Waals surface area contributed by atoms with Crippen molar-refractivity contribution in [2.45, 2.75) is 77.6 Å². The lowest BCUT2D eigenvalue weighted by atomic mass is 10.2. The van der Waals surface area contributed by atoms with Crippen molar-refractivity contribution in [2.75, 3.05) is 18.6 Å². The number of nitriles is 1. The largest absolute Gasteiger partial charge is 0.356 e. The number of nitrogens with zero attached hydrogens (tertiary/aromatic N) is 5. The minimum Gasteiger partial charge on any atom is -0.356 e. The molecule has 0 saturated heterocycles. The molecule has 3 atom stereocenters. The van der Waals surface area contributed by atoms with Crippen molar-refractivity contribution >= 4 is 20.4 Å². The third-order valence-corrected chi connectivity index (χ3v) is 7.19. The van der Waals surface area contributed by atoms with Gasteiger partial charge in [0, 0.05) is 31.4 Å². The molecule has 2 rings (SSSR count). The Morgan fingerprint density at radius 3 is 2.69 bits per heavy atom. The van der Waals surface area contributed by atoms with Crippen LogP contribution in [0.2, 0.25) is 0 Å². The van der Waals surface area contributed by atoms with Crippen LogP contribution in [0.3, 0.4) is 0 Å². The van der Waals surface area contributed by atoms with Crippen LogP contribution in [-0.4, -0.2) is 52.5 Å². The van der Waals surface area contributed by atoms with Crippen molar-refractivity contribution in [1.29, 1.82) is 5.26 Å². The third kappa shape index (κ3) is 6.72. The van der Waals surface area contributed by atoms with E-state index < -0.39 is 8.53 Å². The van der Waals surface area contributed by atoms with Crippen molar-refractivity contribution in [3.8, 4) is 6.07 Å². The molecule has 0 aliphatic heterocycles. The molecule has 160 valence electrons. The Morgan fingerprint density at radius 2 is 2.07 bits per heavy atom. The van der Waals surface area contributed by atoms with Gasteiger partial charge in [0.1, 0.15) is 5.82 Å². The fourth-order valence-corrected chi connectivity index (χ4v) is 5.38. The number of hydrogen-bond acceptors (Lipinski definition) is 7. The maximum absolute atomic E-state index is 8.86. The van der Waals surface area contributed by atoms with E-state index >= 15 is 0 Å². The highest BCUT2D eigenvalue weighted by atomic mass is 31.2. The van der Waals surface area contributed by atoms with Crippen LogP contribution in [0.4, 0.5) is 5.82 Å². The number of rotatable bonds is 11. The molecule has 0 spiro atoms. The van der Waals surface area contributed by atoms with Gasteiger partial charge in [-0.25, -0.2) is 14.6 Å². The molecule has 0 N–H and O–H groups in total. The first kappa shape index (κ1) is 23.7. The second-order valence-electron chi connectivity index (χ2n) is 7.83. The molecular formula is C21H34N5O2P. The molecule has 1 aliphatic carbocycles. The SMILES string of the molecule is C=Cc1nccc(N(C)C2CCC(OP(OCCC#N)N(C(C)C)C(C)C)C2)n1. The summed E-state index contributed by atoms with van der Waals surface area (Å²) in [5.41, 5.74) is 0. The number of anilines is 1. The van der Waals surface area contributed by atoms with E-state index in [1.807, 2.05) is 6.07 Å². The van der Waals surface area contributed by atoms with Crippen LogP contribution < -0.4 is 4.90 Å². The van der Waals surface area contributed by atoms with Crippen molar-refractivity contribution in [3.63, 3.8) is 0 Å². The molecule has 0 amide bonds. The van der Waals surface area contributed by atoms with Gasteiger partial charge in [0.15, 0.2) is 5.82 Å². The van der Waals surface area contributed by atoms with E-state index in [0.29, 0.717) is 37.0 Å². The summed E-state index contributed by atoms with van der Waals surface area (Å²) < 4.78 is 14.8. The van der Waals surface area contributed by atoms with Crippen LogP contribution in [0.1, 0.15) is 59.2 Å². The highest BCUT2D eigenvalue weighted by molar-refractivity contribution is 7.44. The zero-order valence-corrected chi connectivity index (χ0v) is 19.2. The number of hydrogen-bond donors (Lipinski definition) is 0. The molecule has 29 heavy (non-hydrogen) atoms. The standard InChI is InChI=1S/C21H34N5O2P/c1-7-20-23-13-11-21(24-20)25(6)18-9-10-19(15-18)28-29(27-14-8-12-22)26(16(2)3)17(4)5/h7,11,13,16-19H,1,8-10,14-15H2,2-6H3. The van der Waals surface area contributed by atoms with Gasteiger partial charge in [0.05, 0.1) is 25.2 Å². The molecule has 1 aromatic rings. The molecule has 1 saturated carbocycles. The van der Waals surface area contributed by atoms with Crippen LogP contribution in [0.5, 0.6) is 0 Å². The Kier molecular flexibility index (Phi) is 9.45. The van der Waals surface area contributed by atoms with Crippen molar-refractivity contribution in [3.05, 3.63) is 24.7 Å². The fourth-order valence-electron chi connectivity index (χ4n) is 3.63. The van der Waals surface area contributed by atoms with Gasteiger partial charge in [-0.2, -0.15) is 5.26 Å². The Balaban J connectivity index is 2.03. The van der Waals surface area contributed by atoms with Gasteiger partial charge in [0.25, 0.3) is 8.53 Å². The summed E-state index contributed by atoms with van der Waals surface area (Å²) in [6.45, 7) is 12.8. The summed E-state index contributed by atoms with van der Waals surface area (Å²) in [7, 11) is 0.871. The Bertz CT molecular complexity index is 686. The maximum atomic E-state index is 8.86. The van der Waals surface area contributed by atoms with Gasteiger partial charge in [0.2, 0.25) is 0 Å². The monoisotopic (exact) mass is 419 g/mol. The van der Waals surface area contributed by atoms with Gasteiger partial charge in [-0.3, -0.25) is 0 Å². The van der Waals surface area contributed by atoms with E-state index in [9.17, 15) is 0 Å². The van der Waals surface area contributed by atoms with Gasteiger partial charge in [-0.1, -0.05) is 6.58 Å². The predicted octanol–water partition coefficient (Wildman–Crippen LogP) is 4.77. The van der Waals surface area contributed by atoms with E-state index in [1.54, 1.807) is 12.3 Å². The lowest BCUT2D eigenvalue weighted by Crippen LogP contribution is -2.35. The Hall–Kier alpha value is -1.58. The quantitative estimate of drug-likeness (QED) is 0.378. The van der Waals surface area contributed by atoms with Crippen LogP contribution in [-0.2, 0) is 9.05 Å². The molecule has 0 aromatic carbocycles. The molecule has 1 aromatic heterocycles. The van der Waals surface area contributed by atoms with Crippen molar-refractivity contribution in [2.24, 2.45) is 0 Å². The van der Waals surface area contributed by atoms with Crippen LogP contribution >= 0.6 is 8.53 Å².